The highest BCUT2D eigenvalue weighted by molar-refractivity contribution is 4.59. The Bertz CT molecular complexity index is 220. The molecule has 0 fully saturated rings. The van der Waals surface area contributed by atoms with Crippen LogP contribution in [0, 0.1) is 0 Å². The van der Waals surface area contributed by atoms with E-state index in [4.69, 9.17) is 10.5 Å². The lowest BCUT2D eigenvalue weighted by Crippen LogP contribution is -2.24. The zero-order chi connectivity index (χ0) is 17.7. The van der Waals surface area contributed by atoms with Crippen LogP contribution in [0.15, 0.2) is 0 Å². The predicted octanol–water partition coefficient (Wildman–Crippen LogP) is 7.00. The third-order valence-electron chi connectivity index (χ3n) is 4.99. The van der Waals surface area contributed by atoms with E-state index in [2.05, 4.69) is 13.8 Å². The van der Waals surface area contributed by atoms with Crippen molar-refractivity contribution in [1.82, 2.24) is 0 Å². The summed E-state index contributed by atoms with van der Waals surface area (Å²) in [6.07, 6.45) is 23.5. The summed E-state index contributed by atoms with van der Waals surface area (Å²) in [6, 6.07) is 0. The van der Waals surface area contributed by atoms with E-state index in [-0.39, 0.29) is 0 Å². The summed E-state index contributed by atoms with van der Waals surface area (Å²) >= 11 is 0. The first-order valence-corrected chi connectivity index (χ1v) is 11.2. The van der Waals surface area contributed by atoms with Crippen LogP contribution < -0.4 is 5.73 Å². The molecule has 0 saturated carbocycles. The van der Waals surface area contributed by atoms with Gasteiger partial charge in [-0.2, -0.15) is 0 Å². The Morgan fingerprint density at radius 1 is 0.583 bits per heavy atom. The number of hydrogen-bond acceptors (Lipinski definition) is 2. The van der Waals surface area contributed by atoms with Crippen molar-refractivity contribution in [1.29, 1.82) is 0 Å². The van der Waals surface area contributed by atoms with Gasteiger partial charge in [0, 0.05) is 13.2 Å². The SMILES string of the molecule is CCCCCCCCCCCCCCC(CN)OCCCCCC. The van der Waals surface area contributed by atoms with Crippen molar-refractivity contribution in [2.75, 3.05) is 13.2 Å². The van der Waals surface area contributed by atoms with Gasteiger partial charge in [-0.1, -0.05) is 110 Å². The summed E-state index contributed by atoms with van der Waals surface area (Å²) in [7, 11) is 0. The molecule has 2 nitrogen and oxygen atoms in total. The second kappa shape index (κ2) is 21.0. The lowest BCUT2D eigenvalue weighted by molar-refractivity contribution is 0.0490. The molecule has 0 amide bonds. The van der Waals surface area contributed by atoms with E-state index in [0.717, 1.165) is 13.0 Å². The Balaban J connectivity index is 3.23. The number of hydrogen-bond donors (Lipinski definition) is 1. The molecule has 1 atom stereocenters. The van der Waals surface area contributed by atoms with Crippen molar-refractivity contribution in [2.24, 2.45) is 5.73 Å². The third kappa shape index (κ3) is 18.3. The van der Waals surface area contributed by atoms with Crippen molar-refractivity contribution in [3.05, 3.63) is 0 Å². The Labute approximate surface area is 153 Å². The first kappa shape index (κ1) is 23.9. The van der Waals surface area contributed by atoms with E-state index in [0.29, 0.717) is 12.6 Å². The molecule has 0 aliphatic carbocycles. The van der Waals surface area contributed by atoms with E-state index in [1.54, 1.807) is 0 Å². The smallest absolute Gasteiger partial charge is 0.0697 e. The highest BCUT2D eigenvalue weighted by Gasteiger charge is 2.06. The van der Waals surface area contributed by atoms with Crippen LogP contribution in [0.3, 0.4) is 0 Å². The fourth-order valence-corrected chi connectivity index (χ4v) is 3.26. The zero-order valence-corrected chi connectivity index (χ0v) is 17.0. The van der Waals surface area contributed by atoms with Crippen molar-refractivity contribution in [3.8, 4) is 0 Å². The number of unbranched alkanes of at least 4 members (excludes halogenated alkanes) is 14. The highest BCUT2D eigenvalue weighted by atomic mass is 16.5. The average molecular weight is 342 g/mol. The van der Waals surface area contributed by atoms with E-state index in [9.17, 15) is 0 Å². The largest absolute Gasteiger partial charge is 0.377 e. The lowest BCUT2D eigenvalue weighted by Gasteiger charge is -2.15. The molecule has 0 saturated heterocycles. The fourth-order valence-electron chi connectivity index (χ4n) is 3.26. The monoisotopic (exact) mass is 341 g/mol. The summed E-state index contributed by atoms with van der Waals surface area (Å²) < 4.78 is 5.91. The summed E-state index contributed by atoms with van der Waals surface area (Å²) in [5.74, 6) is 0. The van der Waals surface area contributed by atoms with Crippen LogP contribution in [0.4, 0.5) is 0 Å². The maximum absolute atomic E-state index is 5.91. The van der Waals surface area contributed by atoms with Crippen molar-refractivity contribution < 1.29 is 4.74 Å². The van der Waals surface area contributed by atoms with E-state index >= 15 is 0 Å². The minimum Gasteiger partial charge on any atom is -0.377 e. The van der Waals surface area contributed by atoms with Gasteiger partial charge in [0.2, 0.25) is 0 Å². The topological polar surface area (TPSA) is 35.2 Å². The molecule has 0 aromatic carbocycles. The van der Waals surface area contributed by atoms with Crippen LogP contribution in [0.5, 0.6) is 0 Å². The molecular formula is C22H47NO. The molecule has 0 aliphatic rings. The minimum atomic E-state index is 0.301. The van der Waals surface area contributed by atoms with Gasteiger partial charge in [-0.3, -0.25) is 0 Å². The van der Waals surface area contributed by atoms with Crippen LogP contribution >= 0.6 is 0 Å². The molecule has 2 heteroatoms. The molecule has 1 unspecified atom stereocenters. The Kier molecular flexibility index (Phi) is 20.9. The predicted molar refractivity (Wildman–Crippen MR) is 109 cm³/mol. The molecule has 0 spiro atoms. The van der Waals surface area contributed by atoms with E-state index in [1.165, 1.54) is 103 Å². The minimum absolute atomic E-state index is 0.301. The standard InChI is InChI=1S/C22H47NO/c1-3-5-7-9-10-11-12-13-14-15-16-17-19-22(21-23)24-20-18-8-6-4-2/h22H,3-21,23H2,1-2H3. The van der Waals surface area contributed by atoms with Crippen LogP contribution in [0.2, 0.25) is 0 Å². The van der Waals surface area contributed by atoms with Crippen LogP contribution in [0.1, 0.15) is 123 Å². The molecule has 146 valence electrons. The Morgan fingerprint density at radius 3 is 1.46 bits per heavy atom. The van der Waals surface area contributed by atoms with Crippen molar-refractivity contribution in [2.45, 2.75) is 129 Å². The van der Waals surface area contributed by atoms with E-state index in [1.807, 2.05) is 0 Å². The highest BCUT2D eigenvalue weighted by Crippen LogP contribution is 2.13. The van der Waals surface area contributed by atoms with Gasteiger partial charge >= 0.3 is 0 Å². The van der Waals surface area contributed by atoms with Crippen LogP contribution in [-0.4, -0.2) is 19.3 Å². The third-order valence-corrected chi connectivity index (χ3v) is 4.99. The molecule has 0 heterocycles. The molecular weight excluding hydrogens is 294 g/mol. The van der Waals surface area contributed by atoms with Gasteiger partial charge < -0.3 is 10.5 Å². The van der Waals surface area contributed by atoms with Gasteiger partial charge in [-0.15, -0.1) is 0 Å². The summed E-state index contributed by atoms with van der Waals surface area (Å²) in [4.78, 5) is 0. The van der Waals surface area contributed by atoms with Gasteiger partial charge in [-0.05, 0) is 12.8 Å². The molecule has 0 aromatic heterocycles. The molecule has 0 radical (unpaired) electrons. The number of rotatable bonds is 20. The van der Waals surface area contributed by atoms with Crippen LogP contribution in [0.25, 0.3) is 0 Å². The molecule has 0 aliphatic heterocycles. The summed E-state index contributed by atoms with van der Waals surface area (Å²) in [6.45, 7) is 6.12. The summed E-state index contributed by atoms with van der Waals surface area (Å²) in [5, 5.41) is 0. The van der Waals surface area contributed by atoms with Crippen molar-refractivity contribution >= 4 is 0 Å². The number of ether oxygens (including phenoxy) is 1. The molecule has 2 N–H and O–H groups in total. The second-order valence-corrected chi connectivity index (χ2v) is 7.47. The Hall–Kier alpha value is -0.0800. The summed E-state index contributed by atoms with van der Waals surface area (Å²) in [5.41, 5.74) is 5.83. The average Bonchev–Trinajstić information content (AvgIpc) is 2.60. The quantitative estimate of drug-likeness (QED) is 0.242. The van der Waals surface area contributed by atoms with Crippen molar-refractivity contribution in [3.63, 3.8) is 0 Å². The van der Waals surface area contributed by atoms with Crippen LogP contribution in [-0.2, 0) is 4.74 Å². The first-order valence-electron chi connectivity index (χ1n) is 11.2. The molecule has 24 heavy (non-hydrogen) atoms. The molecule has 0 bridgehead atoms. The fraction of sp³-hybridized carbons (Fsp3) is 1.00. The maximum atomic E-state index is 5.91. The second-order valence-electron chi connectivity index (χ2n) is 7.47. The van der Waals surface area contributed by atoms with Gasteiger partial charge in [0.25, 0.3) is 0 Å². The van der Waals surface area contributed by atoms with E-state index < -0.39 is 0 Å². The first-order chi connectivity index (χ1) is 11.8. The Morgan fingerprint density at radius 2 is 1.00 bits per heavy atom. The maximum Gasteiger partial charge on any atom is 0.0697 e. The normalized spacial score (nSPS) is 12.6. The van der Waals surface area contributed by atoms with Gasteiger partial charge in [0.05, 0.1) is 6.10 Å². The molecule has 0 rings (SSSR count). The number of nitrogens with two attached hydrogens (primary N) is 1. The van der Waals surface area contributed by atoms with Gasteiger partial charge in [-0.25, -0.2) is 0 Å². The van der Waals surface area contributed by atoms with Gasteiger partial charge in [0.1, 0.15) is 0 Å². The zero-order valence-electron chi connectivity index (χ0n) is 17.0. The molecule has 0 aromatic rings. The lowest BCUT2D eigenvalue weighted by atomic mass is 10.0. The van der Waals surface area contributed by atoms with Gasteiger partial charge in [0.15, 0.2) is 0 Å².